The van der Waals surface area contributed by atoms with Gasteiger partial charge < -0.3 is 19.1 Å². The Hall–Kier alpha value is -2.85. The monoisotopic (exact) mass is 464 g/mol. The molecule has 1 aliphatic rings. The van der Waals surface area contributed by atoms with Gasteiger partial charge in [-0.25, -0.2) is 0 Å². The van der Waals surface area contributed by atoms with E-state index < -0.39 is 15.5 Å². The van der Waals surface area contributed by atoms with Crippen LogP contribution in [0.2, 0.25) is 0 Å². The van der Waals surface area contributed by atoms with Gasteiger partial charge in [0.1, 0.15) is 0 Å². The van der Waals surface area contributed by atoms with Gasteiger partial charge in [-0.05, 0) is 42.7 Å². The van der Waals surface area contributed by atoms with E-state index in [1.807, 2.05) is 12.1 Å². The molecule has 0 bridgehead atoms. The number of amides is 1. The van der Waals surface area contributed by atoms with E-state index in [9.17, 15) is 13.2 Å². The summed E-state index contributed by atoms with van der Waals surface area (Å²) < 4.78 is 44.0. The van der Waals surface area contributed by atoms with Crippen molar-refractivity contribution < 1.29 is 31.6 Å². The van der Waals surface area contributed by atoms with Crippen LogP contribution >= 0.6 is 0 Å². The lowest BCUT2D eigenvalue weighted by molar-refractivity contribution is 0.0779. The Kier molecular flexibility index (Phi) is 7.25. The Morgan fingerprint density at radius 3 is 2.25 bits per heavy atom. The molecule has 0 N–H and O–H groups in total. The Labute approximate surface area is 188 Å². The predicted octanol–water partition coefficient (Wildman–Crippen LogP) is 2.26. The second kappa shape index (κ2) is 9.74. The molecule has 3 rings (SSSR count). The third-order valence-corrected chi connectivity index (χ3v) is 6.32. The van der Waals surface area contributed by atoms with Gasteiger partial charge in [-0.2, -0.15) is 8.42 Å². The standard InChI is InChI=1S/C22H28N2O7S/c1-28-18-13-16(14-19(29-2)20(18)30-3)21(25)24-11-7-22(15-24,8-12-31-32(4,26)27)17-5-9-23-10-6-17/h5-6,9-10,13-14H,7-8,11-12,15H2,1-4H3. The third kappa shape index (κ3) is 5.13. The van der Waals surface area contributed by atoms with Crippen LogP contribution in [0, 0.1) is 0 Å². The SMILES string of the molecule is COc1cc(C(=O)N2CCC(CCOS(C)(=O)=O)(c3ccncc3)C2)cc(OC)c1OC. The molecule has 1 saturated heterocycles. The molecule has 1 amide bonds. The first kappa shape index (κ1) is 23.8. The number of ether oxygens (including phenoxy) is 3. The number of carbonyl (C=O) groups excluding carboxylic acids is 1. The van der Waals surface area contributed by atoms with E-state index >= 15 is 0 Å². The average molecular weight is 465 g/mol. The summed E-state index contributed by atoms with van der Waals surface area (Å²) in [5.41, 5.74) is 0.964. The summed E-state index contributed by atoms with van der Waals surface area (Å²) in [6, 6.07) is 7.05. The maximum absolute atomic E-state index is 13.4. The molecule has 9 nitrogen and oxygen atoms in total. The van der Waals surface area contributed by atoms with Crippen molar-refractivity contribution in [2.75, 3.05) is 47.3 Å². The normalized spacial score (nSPS) is 18.4. The van der Waals surface area contributed by atoms with Gasteiger partial charge in [-0.3, -0.25) is 14.0 Å². The van der Waals surface area contributed by atoms with Crippen molar-refractivity contribution in [1.29, 1.82) is 0 Å². The zero-order chi connectivity index (χ0) is 23.4. The number of likely N-dealkylation sites (tertiary alicyclic amines) is 1. The molecule has 2 aromatic rings. The fourth-order valence-electron chi connectivity index (χ4n) is 4.11. The smallest absolute Gasteiger partial charge is 0.264 e. The molecule has 10 heteroatoms. The van der Waals surface area contributed by atoms with E-state index in [1.54, 1.807) is 29.4 Å². The van der Waals surface area contributed by atoms with E-state index in [1.165, 1.54) is 21.3 Å². The number of nitrogens with zero attached hydrogens (tertiary/aromatic N) is 2. The highest BCUT2D eigenvalue weighted by atomic mass is 32.2. The topological polar surface area (TPSA) is 104 Å². The van der Waals surface area contributed by atoms with Crippen LogP contribution < -0.4 is 14.2 Å². The number of aromatic nitrogens is 1. The molecule has 0 radical (unpaired) electrons. The van der Waals surface area contributed by atoms with Crippen molar-refractivity contribution in [1.82, 2.24) is 9.88 Å². The molecule has 1 atom stereocenters. The molecule has 1 aromatic carbocycles. The van der Waals surface area contributed by atoms with E-state index in [-0.39, 0.29) is 12.5 Å². The van der Waals surface area contributed by atoms with Crippen LogP contribution in [0.25, 0.3) is 0 Å². The van der Waals surface area contributed by atoms with Crippen molar-refractivity contribution in [3.8, 4) is 17.2 Å². The third-order valence-electron chi connectivity index (χ3n) is 5.72. The predicted molar refractivity (Wildman–Crippen MR) is 118 cm³/mol. The van der Waals surface area contributed by atoms with Gasteiger partial charge in [0.05, 0.1) is 34.2 Å². The van der Waals surface area contributed by atoms with Crippen LogP contribution in [0.3, 0.4) is 0 Å². The summed E-state index contributed by atoms with van der Waals surface area (Å²) in [6.45, 7) is 0.962. The van der Waals surface area contributed by atoms with Gasteiger partial charge in [0.2, 0.25) is 5.75 Å². The Balaban J connectivity index is 1.88. The Morgan fingerprint density at radius 1 is 1.09 bits per heavy atom. The second-order valence-corrected chi connectivity index (χ2v) is 9.33. The minimum absolute atomic E-state index is 0.0351. The van der Waals surface area contributed by atoms with Crippen molar-refractivity contribution in [3.63, 3.8) is 0 Å². The fraction of sp³-hybridized carbons (Fsp3) is 0.455. The molecule has 174 valence electrons. The molecule has 32 heavy (non-hydrogen) atoms. The van der Waals surface area contributed by atoms with E-state index in [0.29, 0.717) is 48.7 Å². The van der Waals surface area contributed by atoms with Crippen molar-refractivity contribution in [2.45, 2.75) is 18.3 Å². The number of hydrogen-bond acceptors (Lipinski definition) is 8. The quantitative estimate of drug-likeness (QED) is 0.521. The number of benzene rings is 1. The average Bonchev–Trinajstić information content (AvgIpc) is 3.22. The van der Waals surface area contributed by atoms with E-state index in [2.05, 4.69) is 4.98 Å². The number of methoxy groups -OCH3 is 3. The summed E-state index contributed by atoms with van der Waals surface area (Å²) in [7, 11) is 0.947. The minimum atomic E-state index is -3.55. The van der Waals surface area contributed by atoms with Crippen LogP contribution in [0.15, 0.2) is 36.7 Å². The Morgan fingerprint density at radius 2 is 1.72 bits per heavy atom. The Bertz CT molecular complexity index is 1030. The first-order chi connectivity index (χ1) is 15.2. The molecule has 0 saturated carbocycles. The molecular weight excluding hydrogens is 436 g/mol. The number of carbonyl (C=O) groups is 1. The van der Waals surface area contributed by atoms with Crippen molar-refractivity contribution in [2.24, 2.45) is 0 Å². The van der Waals surface area contributed by atoms with E-state index in [0.717, 1.165) is 11.8 Å². The van der Waals surface area contributed by atoms with Gasteiger partial charge >= 0.3 is 0 Å². The maximum Gasteiger partial charge on any atom is 0.264 e. The zero-order valence-corrected chi connectivity index (χ0v) is 19.5. The molecule has 0 spiro atoms. The summed E-state index contributed by atoms with van der Waals surface area (Å²) in [4.78, 5) is 19.2. The first-order valence-electron chi connectivity index (χ1n) is 10.1. The first-order valence-corrected chi connectivity index (χ1v) is 11.9. The molecule has 1 unspecified atom stereocenters. The van der Waals surface area contributed by atoms with Crippen LogP contribution in [-0.4, -0.2) is 71.5 Å². The largest absolute Gasteiger partial charge is 0.493 e. The number of rotatable bonds is 9. The van der Waals surface area contributed by atoms with E-state index in [4.69, 9.17) is 18.4 Å². The summed E-state index contributed by atoms with van der Waals surface area (Å²) in [5.74, 6) is 1.04. The van der Waals surface area contributed by atoms with Gasteiger partial charge in [0, 0.05) is 36.5 Å². The molecule has 0 aliphatic carbocycles. The lowest BCUT2D eigenvalue weighted by atomic mass is 9.77. The second-order valence-electron chi connectivity index (χ2n) is 7.68. The van der Waals surface area contributed by atoms with Crippen LogP contribution in [0.4, 0.5) is 0 Å². The fourth-order valence-corrected chi connectivity index (χ4v) is 4.50. The molecular formula is C22H28N2O7S. The van der Waals surface area contributed by atoms with Crippen molar-refractivity contribution in [3.05, 3.63) is 47.8 Å². The zero-order valence-electron chi connectivity index (χ0n) is 18.7. The number of hydrogen-bond donors (Lipinski definition) is 0. The van der Waals surface area contributed by atoms with Crippen molar-refractivity contribution >= 4 is 16.0 Å². The lowest BCUT2D eigenvalue weighted by Crippen LogP contribution is -2.35. The molecule has 1 aliphatic heterocycles. The highest BCUT2D eigenvalue weighted by Gasteiger charge is 2.41. The van der Waals surface area contributed by atoms with Gasteiger partial charge in [-0.1, -0.05) is 0 Å². The van der Waals surface area contributed by atoms with Gasteiger partial charge in [0.15, 0.2) is 11.5 Å². The van der Waals surface area contributed by atoms with Gasteiger partial charge in [-0.15, -0.1) is 0 Å². The van der Waals surface area contributed by atoms with Gasteiger partial charge in [0.25, 0.3) is 16.0 Å². The molecule has 1 aromatic heterocycles. The lowest BCUT2D eigenvalue weighted by Gasteiger charge is -2.30. The van der Waals surface area contributed by atoms with Crippen LogP contribution in [-0.2, 0) is 19.7 Å². The van der Waals surface area contributed by atoms with Crippen LogP contribution in [0.5, 0.6) is 17.2 Å². The maximum atomic E-state index is 13.4. The highest BCUT2D eigenvalue weighted by Crippen LogP contribution is 2.41. The summed E-state index contributed by atoms with van der Waals surface area (Å²) in [6.07, 6.45) is 5.53. The minimum Gasteiger partial charge on any atom is -0.493 e. The molecule has 2 heterocycles. The number of pyridine rings is 1. The highest BCUT2D eigenvalue weighted by molar-refractivity contribution is 7.85. The molecule has 1 fully saturated rings. The van der Waals surface area contributed by atoms with Crippen LogP contribution in [0.1, 0.15) is 28.8 Å². The summed E-state index contributed by atoms with van der Waals surface area (Å²) >= 11 is 0. The summed E-state index contributed by atoms with van der Waals surface area (Å²) in [5, 5.41) is 0.